The molecule has 0 N–H and O–H groups in total. The standard InChI is InChI=1S/C15H18N2O3S2/c1-3-7-16-13-9-22(18,19)10-14(13)17(15(16)21)11-5-4-6-12(8-11)20-2/h3-6,8,13-14H,1,7,9-10H2,2H3/t13-,14+/m0/s1. The van der Waals surface area contributed by atoms with Gasteiger partial charge in [-0.05, 0) is 24.4 Å². The van der Waals surface area contributed by atoms with Crippen molar-refractivity contribution < 1.29 is 13.2 Å². The van der Waals surface area contributed by atoms with Gasteiger partial charge in [-0.15, -0.1) is 6.58 Å². The summed E-state index contributed by atoms with van der Waals surface area (Å²) in [5.74, 6) is 0.995. The van der Waals surface area contributed by atoms with E-state index in [-0.39, 0.29) is 23.6 Å². The van der Waals surface area contributed by atoms with Crippen LogP contribution < -0.4 is 9.64 Å². The molecule has 0 aliphatic carbocycles. The van der Waals surface area contributed by atoms with Crippen LogP contribution in [0.5, 0.6) is 5.75 Å². The summed E-state index contributed by atoms with van der Waals surface area (Å²) in [6, 6.07) is 7.28. The first-order valence-electron chi connectivity index (χ1n) is 7.02. The van der Waals surface area contributed by atoms with E-state index in [2.05, 4.69) is 6.58 Å². The van der Waals surface area contributed by atoms with Crippen molar-refractivity contribution in [2.24, 2.45) is 0 Å². The molecular formula is C15H18N2O3S2. The number of sulfone groups is 1. The molecule has 0 spiro atoms. The molecular weight excluding hydrogens is 320 g/mol. The van der Waals surface area contributed by atoms with Crippen LogP contribution in [0.15, 0.2) is 36.9 Å². The molecule has 0 aromatic heterocycles. The van der Waals surface area contributed by atoms with Crippen LogP contribution in [0.2, 0.25) is 0 Å². The predicted octanol–water partition coefficient (Wildman–Crippen LogP) is 1.45. The van der Waals surface area contributed by atoms with Crippen LogP contribution in [-0.2, 0) is 9.84 Å². The van der Waals surface area contributed by atoms with E-state index in [0.29, 0.717) is 11.7 Å². The monoisotopic (exact) mass is 338 g/mol. The summed E-state index contributed by atoms with van der Waals surface area (Å²) in [4.78, 5) is 3.90. The number of fused-ring (bicyclic) bond motifs is 1. The van der Waals surface area contributed by atoms with Gasteiger partial charge in [-0.3, -0.25) is 0 Å². The van der Waals surface area contributed by atoms with Gasteiger partial charge in [0.2, 0.25) is 0 Å². The first kappa shape index (κ1) is 15.3. The Hall–Kier alpha value is -1.60. The van der Waals surface area contributed by atoms with Crippen LogP contribution in [0.1, 0.15) is 0 Å². The Balaban J connectivity index is 2.02. The van der Waals surface area contributed by atoms with Gasteiger partial charge in [-0.1, -0.05) is 12.1 Å². The van der Waals surface area contributed by atoms with Gasteiger partial charge in [-0.2, -0.15) is 0 Å². The topological polar surface area (TPSA) is 49.9 Å². The molecule has 1 aromatic carbocycles. The second-order valence-electron chi connectivity index (χ2n) is 5.51. The molecule has 0 bridgehead atoms. The quantitative estimate of drug-likeness (QED) is 0.612. The Kier molecular flexibility index (Phi) is 3.86. The normalized spacial score (nSPS) is 26.1. The number of benzene rings is 1. The zero-order chi connectivity index (χ0) is 15.9. The average molecular weight is 338 g/mol. The summed E-state index contributed by atoms with van der Waals surface area (Å²) in [5.41, 5.74) is 0.864. The SMILES string of the molecule is C=CCN1C(=S)N(c2cccc(OC)c2)[C@@H]2CS(=O)(=O)C[C@@H]21. The van der Waals surface area contributed by atoms with E-state index in [9.17, 15) is 8.42 Å². The molecule has 2 heterocycles. The lowest BCUT2D eigenvalue weighted by molar-refractivity contribution is 0.389. The molecule has 0 radical (unpaired) electrons. The maximum Gasteiger partial charge on any atom is 0.177 e. The van der Waals surface area contributed by atoms with Gasteiger partial charge < -0.3 is 14.5 Å². The van der Waals surface area contributed by atoms with Crippen LogP contribution in [0, 0.1) is 0 Å². The first-order chi connectivity index (χ1) is 10.5. The Morgan fingerprint density at radius 2 is 2.14 bits per heavy atom. The fourth-order valence-electron chi connectivity index (χ4n) is 3.19. The highest BCUT2D eigenvalue weighted by Crippen LogP contribution is 2.36. The van der Waals surface area contributed by atoms with E-state index >= 15 is 0 Å². The van der Waals surface area contributed by atoms with Gasteiger partial charge >= 0.3 is 0 Å². The average Bonchev–Trinajstić information content (AvgIpc) is 2.91. The van der Waals surface area contributed by atoms with Crippen LogP contribution in [0.4, 0.5) is 5.69 Å². The number of hydrogen-bond acceptors (Lipinski definition) is 4. The summed E-state index contributed by atoms with van der Waals surface area (Å²) >= 11 is 5.59. The summed E-state index contributed by atoms with van der Waals surface area (Å²) in [5, 5.41) is 0.651. The maximum atomic E-state index is 12.1. The molecule has 5 nitrogen and oxygen atoms in total. The van der Waals surface area contributed by atoms with Crippen molar-refractivity contribution in [2.75, 3.05) is 30.1 Å². The van der Waals surface area contributed by atoms with E-state index in [1.807, 2.05) is 34.1 Å². The van der Waals surface area contributed by atoms with Crippen LogP contribution in [0.25, 0.3) is 0 Å². The third kappa shape index (κ3) is 2.48. The number of hydrogen-bond donors (Lipinski definition) is 0. The molecule has 22 heavy (non-hydrogen) atoms. The molecule has 118 valence electrons. The highest BCUT2D eigenvalue weighted by molar-refractivity contribution is 7.91. The van der Waals surface area contributed by atoms with Crippen LogP contribution >= 0.6 is 12.2 Å². The van der Waals surface area contributed by atoms with Crippen molar-refractivity contribution in [3.8, 4) is 5.75 Å². The van der Waals surface area contributed by atoms with Crippen molar-refractivity contribution in [1.29, 1.82) is 0 Å². The molecule has 2 aliphatic heterocycles. The molecule has 2 atom stereocenters. The molecule has 0 amide bonds. The minimum Gasteiger partial charge on any atom is -0.497 e. The van der Waals surface area contributed by atoms with Gasteiger partial charge in [-0.25, -0.2) is 8.42 Å². The lowest BCUT2D eigenvalue weighted by Crippen LogP contribution is -2.37. The minimum atomic E-state index is -3.05. The second-order valence-corrected chi connectivity index (χ2v) is 8.03. The molecule has 0 saturated carbocycles. The Morgan fingerprint density at radius 3 is 2.82 bits per heavy atom. The van der Waals surface area contributed by atoms with E-state index in [0.717, 1.165) is 11.4 Å². The Bertz CT molecular complexity index is 717. The van der Waals surface area contributed by atoms with Crippen LogP contribution in [-0.4, -0.2) is 55.7 Å². The Labute approximate surface area is 136 Å². The van der Waals surface area contributed by atoms with Gasteiger partial charge in [0, 0.05) is 18.3 Å². The Morgan fingerprint density at radius 1 is 1.41 bits per heavy atom. The summed E-state index contributed by atoms with van der Waals surface area (Å²) in [7, 11) is -1.44. The van der Waals surface area contributed by atoms with Crippen LogP contribution in [0.3, 0.4) is 0 Å². The fraction of sp³-hybridized carbons (Fsp3) is 0.400. The molecule has 3 rings (SSSR count). The van der Waals surface area contributed by atoms with E-state index in [1.54, 1.807) is 13.2 Å². The fourth-order valence-corrected chi connectivity index (χ4v) is 5.59. The van der Waals surface area contributed by atoms with Crippen molar-refractivity contribution >= 4 is 32.9 Å². The maximum absolute atomic E-state index is 12.1. The van der Waals surface area contributed by atoms with E-state index < -0.39 is 9.84 Å². The predicted molar refractivity (Wildman–Crippen MR) is 91.2 cm³/mol. The number of methoxy groups -OCH3 is 1. The highest BCUT2D eigenvalue weighted by atomic mass is 32.2. The number of thiocarbonyl (C=S) groups is 1. The van der Waals surface area contributed by atoms with Crippen molar-refractivity contribution in [2.45, 2.75) is 12.1 Å². The van der Waals surface area contributed by atoms with Crippen molar-refractivity contribution in [3.05, 3.63) is 36.9 Å². The van der Waals surface area contributed by atoms with Gasteiger partial charge in [0.25, 0.3) is 0 Å². The van der Waals surface area contributed by atoms with Gasteiger partial charge in [0.05, 0.1) is 30.7 Å². The molecule has 7 heteroatoms. The highest BCUT2D eigenvalue weighted by Gasteiger charge is 2.51. The third-order valence-corrected chi connectivity index (χ3v) is 6.26. The van der Waals surface area contributed by atoms with Crippen molar-refractivity contribution in [3.63, 3.8) is 0 Å². The third-order valence-electron chi connectivity index (χ3n) is 4.13. The van der Waals surface area contributed by atoms with Crippen molar-refractivity contribution in [1.82, 2.24) is 4.90 Å². The summed E-state index contributed by atoms with van der Waals surface area (Å²) in [6.45, 7) is 4.30. The molecule has 2 saturated heterocycles. The molecule has 0 unspecified atom stereocenters. The lowest BCUT2D eigenvalue weighted by Gasteiger charge is -2.25. The lowest BCUT2D eigenvalue weighted by atomic mass is 10.1. The zero-order valence-corrected chi connectivity index (χ0v) is 13.9. The zero-order valence-electron chi connectivity index (χ0n) is 12.3. The molecule has 2 fully saturated rings. The molecule has 1 aromatic rings. The van der Waals surface area contributed by atoms with Gasteiger partial charge in [0.1, 0.15) is 5.75 Å². The van der Waals surface area contributed by atoms with Gasteiger partial charge in [0.15, 0.2) is 14.9 Å². The smallest absolute Gasteiger partial charge is 0.177 e. The first-order valence-corrected chi connectivity index (χ1v) is 9.25. The van der Waals surface area contributed by atoms with E-state index in [1.165, 1.54) is 0 Å². The number of ether oxygens (including phenoxy) is 1. The number of anilines is 1. The number of nitrogens with zero attached hydrogens (tertiary/aromatic N) is 2. The molecule has 2 aliphatic rings. The summed E-state index contributed by atoms with van der Waals surface area (Å²) in [6.07, 6.45) is 1.75. The summed E-state index contributed by atoms with van der Waals surface area (Å²) < 4.78 is 29.4. The second kappa shape index (κ2) is 5.55. The number of rotatable bonds is 4. The van der Waals surface area contributed by atoms with E-state index in [4.69, 9.17) is 17.0 Å². The largest absolute Gasteiger partial charge is 0.497 e. The minimum absolute atomic E-state index is 0.110.